The third kappa shape index (κ3) is 5.90. The SMILES string of the molecule is CCOc1ccc(S(=O)(=O)N(CC(=O)Nc2ccccc2F)Cc2ccccc2)cc1. The summed E-state index contributed by atoms with van der Waals surface area (Å²) in [6.45, 7) is 1.81. The van der Waals surface area contributed by atoms with Crippen LogP contribution in [0, 0.1) is 5.82 Å². The molecule has 0 aliphatic rings. The number of sulfonamides is 1. The molecule has 0 saturated heterocycles. The van der Waals surface area contributed by atoms with Crippen molar-refractivity contribution in [2.24, 2.45) is 0 Å². The molecule has 0 aromatic heterocycles. The maximum Gasteiger partial charge on any atom is 0.243 e. The second-order valence-electron chi connectivity index (χ2n) is 6.69. The van der Waals surface area contributed by atoms with E-state index in [9.17, 15) is 17.6 Å². The first-order valence-electron chi connectivity index (χ1n) is 9.71. The van der Waals surface area contributed by atoms with Gasteiger partial charge in [-0.1, -0.05) is 42.5 Å². The van der Waals surface area contributed by atoms with Crippen molar-refractivity contribution in [3.8, 4) is 5.75 Å². The van der Waals surface area contributed by atoms with Crippen LogP contribution in [0.25, 0.3) is 0 Å². The average molecular weight is 443 g/mol. The number of benzene rings is 3. The molecule has 0 aliphatic heterocycles. The summed E-state index contributed by atoms with van der Waals surface area (Å²) in [6.07, 6.45) is 0. The van der Waals surface area contributed by atoms with Crippen LogP contribution in [-0.4, -0.2) is 31.8 Å². The zero-order valence-corrected chi connectivity index (χ0v) is 17.8. The van der Waals surface area contributed by atoms with E-state index in [2.05, 4.69) is 5.32 Å². The predicted molar refractivity (Wildman–Crippen MR) is 117 cm³/mol. The number of nitrogens with one attached hydrogen (secondary N) is 1. The number of rotatable bonds is 9. The van der Waals surface area contributed by atoms with Crippen molar-refractivity contribution in [2.45, 2.75) is 18.4 Å². The summed E-state index contributed by atoms with van der Waals surface area (Å²) < 4.78 is 46.9. The van der Waals surface area contributed by atoms with E-state index in [-0.39, 0.29) is 17.1 Å². The van der Waals surface area contributed by atoms with E-state index >= 15 is 0 Å². The number of halogens is 1. The molecule has 3 aromatic rings. The Bertz CT molecular complexity index is 1120. The number of ether oxygens (including phenoxy) is 1. The van der Waals surface area contributed by atoms with Gasteiger partial charge in [-0.15, -0.1) is 0 Å². The Hall–Kier alpha value is -3.23. The molecule has 0 fully saturated rings. The first kappa shape index (κ1) is 22.5. The molecule has 0 aliphatic carbocycles. The summed E-state index contributed by atoms with van der Waals surface area (Å²) in [7, 11) is -4.01. The van der Waals surface area contributed by atoms with Gasteiger partial charge >= 0.3 is 0 Å². The van der Waals surface area contributed by atoms with Crippen LogP contribution in [0.1, 0.15) is 12.5 Å². The third-order valence-corrected chi connectivity index (χ3v) is 6.25. The number of carbonyl (C=O) groups excluding carboxylic acids is 1. The Labute approximate surface area is 181 Å². The summed E-state index contributed by atoms with van der Waals surface area (Å²) in [5.74, 6) is -0.691. The summed E-state index contributed by atoms with van der Waals surface area (Å²) in [5.41, 5.74) is 0.710. The summed E-state index contributed by atoms with van der Waals surface area (Å²) in [6, 6.07) is 20.7. The van der Waals surface area contributed by atoms with Gasteiger partial charge in [0.25, 0.3) is 0 Å². The maximum atomic E-state index is 13.9. The monoisotopic (exact) mass is 442 g/mol. The predicted octanol–water partition coefficient (Wildman–Crippen LogP) is 4.05. The molecule has 0 unspecified atom stereocenters. The van der Waals surface area contributed by atoms with Crippen molar-refractivity contribution in [3.63, 3.8) is 0 Å². The molecule has 0 saturated carbocycles. The van der Waals surface area contributed by atoms with Crippen molar-refractivity contribution in [1.82, 2.24) is 4.31 Å². The Kier molecular flexibility index (Phi) is 7.38. The van der Waals surface area contributed by atoms with Gasteiger partial charge < -0.3 is 10.1 Å². The van der Waals surface area contributed by atoms with Crippen molar-refractivity contribution in [3.05, 3.63) is 90.2 Å². The second-order valence-corrected chi connectivity index (χ2v) is 8.63. The molecule has 0 atom stereocenters. The Morgan fingerprint density at radius 2 is 1.61 bits per heavy atom. The van der Waals surface area contributed by atoms with Crippen molar-refractivity contribution >= 4 is 21.6 Å². The lowest BCUT2D eigenvalue weighted by molar-refractivity contribution is -0.116. The van der Waals surface area contributed by atoms with Gasteiger partial charge in [-0.3, -0.25) is 4.79 Å². The lowest BCUT2D eigenvalue weighted by Gasteiger charge is -2.22. The third-order valence-electron chi connectivity index (χ3n) is 4.44. The number of hydrogen-bond acceptors (Lipinski definition) is 4. The van der Waals surface area contributed by atoms with Gasteiger partial charge in [0.15, 0.2) is 0 Å². The van der Waals surface area contributed by atoms with E-state index in [1.165, 1.54) is 30.3 Å². The lowest BCUT2D eigenvalue weighted by Crippen LogP contribution is -2.37. The fourth-order valence-electron chi connectivity index (χ4n) is 2.95. The van der Waals surface area contributed by atoms with Crippen LogP contribution in [-0.2, 0) is 21.4 Å². The fourth-order valence-corrected chi connectivity index (χ4v) is 4.33. The maximum absolute atomic E-state index is 13.9. The molecule has 1 amide bonds. The summed E-state index contributed by atoms with van der Waals surface area (Å²) in [4.78, 5) is 12.6. The Balaban J connectivity index is 1.86. The topological polar surface area (TPSA) is 75.7 Å². The highest BCUT2D eigenvalue weighted by Gasteiger charge is 2.27. The van der Waals surface area contributed by atoms with E-state index in [1.807, 2.05) is 13.0 Å². The molecule has 0 bridgehead atoms. The fraction of sp³-hybridized carbons (Fsp3) is 0.174. The largest absolute Gasteiger partial charge is 0.494 e. The van der Waals surface area contributed by atoms with Crippen LogP contribution in [0.5, 0.6) is 5.75 Å². The molecule has 0 heterocycles. The van der Waals surface area contributed by atoms with Crippen LogP contribution >= 0.6 is 0 Å². The first-order valence-corrected chi connectivity index (χ1v) is 11.2. The highest BCUT2D eigenvalue weighted by molar-refractivity contribution is 7.89. The number of carbonyl (C=O) groups is 1. The van der Waals surface area contributed by atoms with E-state index in [4.69, 9.17) is 4.74 Å². The molecular weight excluding hydrogens is 419 g/mol. The minimum absolute atomic E-state index is 0.00868. The molecule has 3 rings (SSSR count). The number of nitrogens with zero attached hydrogens (tertiary/aromatic N) is 1. The molecule has 3 aromatic carbocycles. The van der Waals surface area contributed by atoms with E-state index < -0.39 is 28.3 Å². The standard InChI is InChI=1S/C23H23FN2O4S/c1-2-30-19-12-14-20(15-13-19)31(28,29)26(16-18-8-4-3-5-9-18)17-23(27)25-22-11-7-6-10-21(22)24/h3-15H,2,16-17H2,1H3,(H,25,27). The number of hydrogen-bond donors (Lipinski definition) is 1. The van der Waals surface area contributed by atoms with Gasteiger partial charge in [0.2, 0.25) is 15.9 Å². The molecule has 8 heteroatoms. The minimum atomic E-state index is -4.01. The first-order chi connectivity index (χ1) is 14.9. The number of amides is 1. The smallest absolute Gasteiger partial charge is 0.243 e. The van der Waals surface area contributed by atoms with Crippen molar-refractivity contribution < 1.29 is 22.3 Å². The summed E-state index contributed by atoms with van der Waals surface area (Å²) in [5, 5.41) is 2.44. The second kappa shape index (κ2) is 10.2. The average Bonchev–Trinajstić information content (AvgIpc) is 2.76. The number of para-hydroxylation sites is 1. The van der Waals surface area contributed by atoms with Gasteiger partial charge in [-0.25, -0.2) is 12.8 Å². The minimum Gasteiger partial charge on any atom is -0.494 e. The van der Waals surface area contributed by atoms with Crippen LogP contribution in [0.4, 0.5) is 10.1 Å². The van der Waals surface area contributed by atoms with Gasteiger partial charge in [-0.2, -0.15) is 4.31 Å². The summed E-state index contributed by atoms with van der Waals surface area (Å²) >= 11 is 0. The van der Waals surface area contributed by atoms with E-state index in [0.717, 1.165) is 9.87 Å². The van der Waals surface area contributed by atoms with Crippen molar-refractivity contribution in [1.29, 1.82) is 0 Å². The molecule has 31 heavy (non-hydrogen) atoms. The normalized spacial score (nSPS) is 11.3. The zero-order chi connectivity index (χ0) is 22.3. The Morgan fingerprint density at radius 1 is 0.968 bits per heavy atom. The quantitative estimate of drug-likeness (QED) is 0.542. The number of anilines is 1. The highest BCUT2D eigenvalue weighted by atomic mass is 32.2. The van der Waals surface area contributed by atoms with Crippen LogP contribution in [0.2, 0.25) is 0 Å². The van der Waals surface area contributed by atoms with Gasteiger partial charge in [0.05, 0.1) is 23.7 Å². The van der Waals surface area contributed by atoms with Crippen LogP contribution in [0.15, 0.2) is 83.8 Å². The van der Waals surface area contributed by atoms with E-state index in [0.29, 0.717) is 12.4 Å². The molecule has 6 nitrogen and oxygen atoms in total. The molecule has 0 radical (unpaired) electrons. The molecule has 1 N–H and O–H groups in total. The molecule has 162 valence electrons. The Morgan fingerprint density at radius 3 is 2.26 bits per heavy atom. The lowest BCUT2D eigenvalue weighted by atomic mass is 10.2. The van der Waals surface area contributed by atoms with Crippen LogP contribution in [0.3, 0.4) is 0 Å². The van der Waals surface area contributed by atoms with Crippen LogP contribution < -0.4 is 10.1 Å². The van der Waals surface area contributed by atoms with Gasteiger partial charge in [0.1, 0.15) is 11.6 Å². The van der Waals surface area contributed by atoms with Gasteiger partial charge in [-0.05, 0) is 48.9 Å². The van der Waals surface area contributed by atoms with E-state index in [1.54, 1.807) is 42.5 Å². The van der Waals surface area contributed by atoms with Gasteiger partial charge in [0, 0.05) is 6.54 Å². The van der Waals surface area contributed by atoms with Crippen molar-refractivity contribution in [2.75, 3.05) is 18.5 Å². The zero-order valence-electron chi connectivity index (χ0n) is 17.0. The molecule has 0 spiro atoms. The highest BCUT2D eigenvalue weighted by Crippen LogP contribution is 2.22. The molecular formula is C23H23FN2O4S.